The number of nitrogens with one attached hydrogen (secondary N) is 2. The Morgan fingerprint density at radius 1 is 1.13 bits per heavy atom. The lowest BCUT2D eigenvalue weighted by atomic mass is 10.2. The van der Waals surface area contributed by atoms with Crippen LogP contribution in [0.25, 0.3) is 0 Å². The summed E-state index contributed by atoms with van der Waals surface area (Å²) in [5.41, 5.74) is 3.02. The van der Waals surface area contributed by atoms with Gasteiger partial charge in [-0.1, -0.05) is 18.2 Å². The molecule has 5 nitrogen and oxygen atoms in total. The molecular formula is C18H23N3O2. The van der Waals surface area contributed by atoms with Gasteiger partial charge in [-0.05, 0) is 51.5 Å². The Balaban J connectivity index is 2.02. The number of aryl methyl sites for hydroxylation is 1. The predicted molar refractivity (Wildman–Crippen MR) is 92.6 cm³/mol. The van der Waals surface area contributed by atoms with E-state index in [1.165, 1.54) is 0 Å². The first-order valence-electron chi connectivity index (χ1n) is 7.58. The van der Waals surface area contributed by atoms with E-state index in [4.69, 9.17) is 4.74 Å². The van der Waals surface area contributed by atoms with Crippen LogP contribution in [0.2, 0.25) is 0 Å². The third-order valence-corrected chi connectivity index (χ3v) is 3.00. The SMILES string of the molecule is Cc1ccc(CNc2ccccc2NC(=O)OC(C)(C)C)nc1. The maximum atomic E-state index is 11.9. The third kappa shape index (κ3) is 5.62. The van der Waals surface area contributed by atoms with E-state index in [1.54, 1.807) is 0 Å². The summed E-state index contributed by atoms with van der Waals surface area (Å²) in [4.78, 5) is 16.3. The highest BCUT2D eigenvalue weighted by molar-refractivity contribution is 5.89. The van der Waals surface area contributed by atoms with Crippen LogP contribution in [0.1, 0.15) is 32.0 Å². The molecule has 0 atom stereocenters. The van der Waals surface area contributed by atoms with Gasteiger partial charge in [0, 0.05) is 6.20 Å². The van der Waals surface area contributed by atoms with Crippen LogP contribution in [0.4, 0.5) is 16.2 Å². The highest BCUT2D eigenvalue weighted by Gasteiger charge is 2.17. The van der Waals surface area contributed by atoms with Gasteiger partial charge in [-0.25, -0.2) is 4.79 Å². The molecule has 23 heavy (non-hydrogen) atoms. The number of rotatable bonds is 4. The summed E-state index contributed by atoms with van der Waals surface area (Å²) in [6, 6.07) is 11.5. The number of benzene rings is 1. The zero-order valence-electron chi connectivity index (χ0n) is 14.0. The Labute approximate surface area is 137 Å². The molecule has 0 aliphatic rings. The van der Waals surface area contributed by atoms with Crippen LogP contribution in [0, 0.1) is 6.92 Å². The Morgan fingerprint density at radius 3 is 2.43 bits per heavy atom. The second kappa shape index (κ2) is 7.13. The Kier molecular flexibility index (Phi) is 5.21. The summed E-state index contributed by atoms with van der Waals surface area (Å²) in [6.07, 6.45) is 1.36. The lowest BCUT2D eigenvalue weighted by Crippen LogP contribution is -2.27. The summed E-state index contributed by atoms with van der Waals surface area (Å²) in [5.74, 6) is 0. The van der Waals surface area contributed by atoms with Crippen LogP contribution in [0.15, 0.2) is 42.6 Å². The fourth-order valence-electron chi connectivity index (χ4n) is 1.95. The fraction of sp³-hybridized carbons (Fsp3) is 0.333. The van der Waals surface area contributed by atoms with Gasteiger partial charge in [0.25, 0.3) is 0 Å². The monoisotopic (exact) mass is 313 g/mol. The number of hydrogen-bond donors (Lipinski definition) is 2. The summed E-state index contributed by atoms with van der Waals surface area (Å²) >= 11 is 0. The number of carbonyl (C=O) groups is 1. The van der Waals surface area contributed by atoms with Crippen molar-refractivity contribution in [1.29, 1.82) is 0 Å². The lowest BCUT2D eigenvalue weighted by molar-refractivity contribution is 0.0636. The summed E-state index contributed by atoms with van der Waals surface area (Å²) < 4.78 is 5.28. The molecule has 2 N–H and O–H groups in total. The molecule has 0 aliphatic carbocycles. The summed E-state index contributed by atoms with van der Waals surface area (Å²) in [6.45, 7) is 8.08. The molecular weight excluding hydrogens is 290 g/mol. The van der Waals surface area contributed by atoms with E-state index >= 15 is 0 Å². The maximum Gasteiger partial charge on any atom is 0.412 e. The minimum Gasteiger partial charge on any atom is -0.444 e. The number of anilines is 2. The molecule has 2 aromatic rings. The van der Waals surface area contributed by atoms with Crippen LogP contribution in [0.3, 0.4) is 0 Å². The van der Waals surface area contributed by atoms with Crippen molar-refractivity contribution in [2.45, 2.75) is 39.8 Å². The van der Waals surface area contributed by atoms with E-state index in [2.05, 4.69) is 15.6 Å². The second-order valence-corrected chi connectivity index (χ2v) is 6.35. The highest BCUT2D eigenvalue weighted by Crippen LogP contribution is 2.22. The first kappa shape index (κ1) is 16.8. The van der Waals surface area contributed by atoms with Crippen LogP contribution >= 0.6 is 0 Å². The molecule has 0 aliphatic heterocycles. The van der Waals surface area contributed by atoms with Crippen molar-refractivity contribution in [3.05, 3.63) is 53.9 Å². The fourth-order valence-corrected chi connectivity index (χ4v) is 1.95. The van der Waals surface area contributed by atoms with Gasteiger partial charge in [0.1, 0.15) is 5.60 Å². The van der Waals surface area contributed by atoms with Gasteiger partial charge in [0.15, 0.2) is 0 Å². The van der Waals surface area contributed by atoms with Gasteiger partial charge < -0.3 is 10.1 Å². The number of nitrogens with zero attached hydrogens (tertiary/aromatic N) is 1. The van der Waals surface area contributed by atoms with E-state index in [9.17, 15) is 4.79 Å². The van der Waals surface area contributed by atoms with E-state index in [1.807, 2.05) is 70.3 Å². The first-order chi connectivity index (χ1) is 10.8. The van der Waals surface area contributed by atoms with Crippen LogP contribution in [0.5, 0.6) is 0 Å². The lowest BCUT2D eigenvalue weighted by Gasteiger charge is -2.20. The first-order valence-corrected chi connectivity index (χ1v) is 7.58. The summed E-state index contributed by atoms with van der Waals surface area (Å²) in [5, 5.41) is 6.05. The molecule has 1 aromatic carbocycles. The average Bonchev–Trinajstić information content (AvgIpc) is 2.46. The molecule has 1 heterocycles. The van der Waals surface area contributed by atoms with Gasteiger partial charge >= 0.3 is 6.09 Å². The number of amides is 1. The molecule has 0 fully saturated rings. The quantitative estimate of drug-likeness (QED) is 0.881. The van der Waals surface area contributed by atoms with Gasteiger partial charge in [-0.15, -0.1) is 0 Å². The molecule has 1 amide bonds. The Hall–Kier alpha value is -2.56. The zero-order valence-corrected chi connectivity index (χ0v) is 14.0. The minimum absolute atomic E-state index is 0.472. The third-order valence-electron chi connectivity index (χ3n) is 3.00. The number of para-hydroxylation sites is 2. The van der Waals surface area contributed by atoms with Gasteiger partial charge in [0.05, 0.1) is 23.6 Å². The molecule has 122 valence electrons. The van der Waals surface area contributed by atoms with Gasteiger partial charge in [-0.2, -0.15) is 0 Å². The number of aromatic nitrogens is 1. The largest absolute Gasteiger partial charge is 0.444 e. The molecule has 0 unspecified atom stereocenters. The van der Waals surface area contributed by atoms with Gasteiger partial charge in [-0.3, -0.25) is 10.3 Å². The maximum absolute atomic E-state index is 11.9. The van der Waals surface area contributed by atoms with Crippen molar-refractivity contribution < 1.29 is 9.53 Å². The van der Waals surface area contributed by atoms with Crippen molar-refractivity contribution in [2.24, 2.45) is 0 Å². The van der Waals surface area contributed by atoms with E-state index in [-0.39, 0.29) is 0 Å². The Bertz CT molecular complexity index is 661. The van der Waals surface area contributed by atoms with Crippen molar-refractivity contribution in [1.82, 2.24) is 4.98 Å². The predicted octanol–water partition coefficient (Wildman–Crippen LogP) is 4.35. The van der Waals surface area contributed by atoms with Crippen LogP contribution in [-0.4, -0.2) is 16.7 Å². The number of pyridine rings is 1. The van der Waals surface area contributed by atoms with Crippen molar-refractivity contribution >= 4 is 17.5 Å². The molecule has 1 aromatic heterocycles. The van der Waals surface area contributed by atoms with Crippen LogP contribution in [-0.2, 0) is 11.3 Å². The topological polar surface area (TPSA) is 63.2 Å². The number of ether oxygens (including phenoxy) is 1. The molecule has 2 rings (SSSR count). The molecule has 0 spiro atoms. The van der Waals surface area contributed by atoms with E-state index in [0.717, 1.165) is 16.9 Å². The number of carbonyl (C=O) groups excluding carboxylic acids is 1. The van der Waals surface area contributed by atoms with Crippen molar-refractivity contribution in [3.8, 4) is 0 Å². The van der Waals surface area contributed by atoms with E-state index in [0.29, 0.717) is 12.2 Å². The molecule has 0 radical (unpaired) electrons. The van der Waals surface area contributed by atoms with Crippen molar-refractivity contribution in [3.63, 3.8) is 0 Å². The standard InChI is InChI=1S/C18H23N3O2/c1-13-9-10-14(19-11-13)12-20-15-7-5-6-8-16(15)21-17(22)23-18(2,3)4/h5-11,20H,12H2,1-4H3,(H,21,22). The second-order valence-electron chi connectivity index (χ2n) is 6.35. The minimum atomic E-state index is -0.529. The molecule has 5 heteroatoms. The molecule has 0 saturated heterocycles. The molecule has 0 bridgehead atoms. The highest BCUT2D eigenvalue weighted by atomic mass is 16.6. The van der Waals surface area contributed by atoms with E-state index < -0.39 is 11.7 Å². The Morgan fingerprint density at radius 2 is 1.83 bits per heavy atom. The smallest absolute Gasteiger partial charge is 0.412 e. The number of hydrogen-bond acceptors (Lipinski definition) is 4. The van der Waals surface area contributed by atoms with Crippen molar-refractivity contribution in [2.75, 3.05) is 10.6 Å². The molecule has 0 saturated carbocycles. The van der Waals surface area contributed by atoms with Gasteiger partial charge in [0.2, 0.25) is 0 Å². The summed E-state index contributed by atoms with van der Waals surface area (Å²) in [7, 11) is 0. The normalized spacial score (nSPS) is 11.0. The van der Waals surface area contributed by atoms with Crippen LogP contribution < -0.4 is 10.6 Å². The average molecular weight is 313 g/mol. The zero-order chi connectivity index (χ0) is 16.9.